The number of piperidine rings is 1. The molecular formula is C35H59N7O5. The number of nitrogens with one attached hydrogen (secondary N) is 2. The molecule has 2 aliphatic rings. The fourth-order valence-electron chi connectivity index (χ4n) is 6.36. The number of imidazole rings is 1. The normalized spacial score (nSPS) is 17.5. The monoisotopic (exact) mass is 657 g/mol. The van der Waals surface area contributed by atoms with E-state index in [9.17, 15) is 19.2 Å². The highest BCUT2D eigenvalue weighted by molar-refractivity contribution is 5.79. The molecule has 0 spiro atoms. The van der Waals surface area contributed by atoms with E-state index in [1.54, 1.807) is 18.7 Å². The number of aldehydes is 1. The molecule has 2 N–H and O–H groups in total. The second kappa shape index (κ2) is 18.4. The van der Waals surface area contributed by atoms with Crippen molar-refractivity contribution >= 4 is 29.3 Å². The highest BCUT2D eigenvalue weighted by Gasteiger charge is 2.24. The van der Waals surface area contributed by atoms with Crippen molar-refractivity contribution in [3.63, 3.8) is 0 Å². The Labute approximate surface area is 280 Å². The van der Waals surface area contributed by atoms with Gasteiger partial charge in [-0.05, 0) is 83.7 Å². The van der Waals surface area contributed by atoms with Crippen LogP contribution in [0.25, 0.3) is 11.0 Å². The maximum atomic E-state index is 13.0. The van der Waals surface area contributed by atoms with Crippen LogP contribution in [0.3, 0.4) is 0 Å². The fraction of sp³-hybridized carbons (Fsp3) is 0.714. The Morgan fingerprint density at radius 1 is 0.957 bits per heavy atom. The highest BCUT2D eigenvalue weighted by Crippen LogP contribution is 2.21. The van der Waals surface area contributed by atoms with Crippen molar-refractivity contribution in [2.75, 3.05) is 66.0 Å². The number of aromatic nitrogens is 2. The number of amides is 2. The van der Waals surface area contributed by atoms with Crippen LogP contribution in [-0.4, -0.2) is 120 Å². The summed E-state index contributed by atoms with van der Waals surface area (Å²) in [5, 5.41) is 5.59. The molecule has 0 bridgehead atoms. The van der Waals surface area contributed by atoms with Gasteiger partial charge in [-0.3, -0.25) is 13.9 Å². The first-order valence-corrected chi connectivity index (χ1v) is 17.5. The maximum absolute atomic E-state index is 13.0. The molecule has 1 aromatic heterocycles. The van der Waals surface area contributed by atoms with Crippen LogP contribution in [0.15, 0.2) is 23.0 Å². The van der Waals surface area contributed by atoms with Gasteiger partial charge in [0.05, 0.1) is 17.1 Å². The molecule has 2 fully saturated rings. The highest BCUT2D eigenvalue weighted by atomic mass is 16.6. The lowest BCUT2D eigenvalue weighted by Crippen LogP contribution is -2.48. The van der Waals surface area contributed by atoms with Crippen LogP contribution in [0.1, 0.15) is 78.3 Å². The lowest BCUT2D eigenvalue weighted by atomic mass is 10.1. The van der Waals surface area contributed by atoms with Gasteiger partial charge >= 0.3 is 11.8 Å². The third-order valence-corrected chi connectivity index (χ3v) is 9.03. The summed E-state index contributed by atoms with van der Waals surface area (Å²) in [6.07, 6.45) is 4.88. The molecule has 2 aliphatic heterocycles. The standard InChI is InChI=1S/C33H53N7O5.C2H6/c1-33(2,3)45-31(43)35-26-12-17-37(18-13-26)14-6-15-38-19-21-39(22-20-38)16-11-25-7-9-28-29(23-25)36(5)32(44)40(28)27(24-41)8-10-30(42)34-4;1-2/h7,9,23-24,26-27H,6,8,10-22H2,1-5H3,(H,34,42)(H,35,43);1-2H3. The van der Waals surface area contributed by atoms with E-state index in [-0.39, 0.29) is 36.6 Å². The van der Waals surface area contributed by atoms with Crippen LogP contribution in [0.5, 0.6) is 0 Å². The first-order valence-electron chi connectivity index (χ1n) is 17.5. The zero-order valence-corrected chi connectivity index (χ0v) is 29.8. The van der Waals surface area contributed by atoms with Crippen molar-refractivity contribution < 1.29 is 19.1 Å². The van der Waals surface area contributed by atoms with Gasteiger partial charge in [0, 0.05) is 72.4 Å². The van der Waals surface area contributed by atoms with Gasteiger partial charge < -0.3 is 34.9 Å². The molecule has 1 atom stereocenters. The quantitative estimate of drug-likeness (QED) is 0.316. The maximum Gasteiger partial charge on any atom is 0.407 e. The molecule has 0 saturated carbocycles. The van der Waals surface area contributed by atoms with E-state index in [2.05, 4.69) is 31.4 Å². The summed E-state index contributed by atoms with van der Waals surface area (Å²) in [5.41, 5.74) is 1.97. The summed E-state index contributed by atoms with van der Waals surface area (Å²) in [6, 6.07) is 5.55. The van der Waals surface area contributed by atoms with Crippen molar-refractivity contribution in [1.29, 1.82) is 0 Å². The van der Waals surface area contributed by atoms with Gasteiger partial charge in [0.25, 0.3) is 0 Å². The zero-order valence-electron chi connectivity index (χ0n) is 29.8. The van der Waals surface area contributed by atoms with E-state index in [0.717, 1.165) is 107 Å². The van der Waals surface area contributed by atoms with Crippen LogP contribution in [0, 0.1) is 0 Å². The predicted octanol–water partition coefficient (Wildman–Crippen LogP) is 3.17. The van der Waals surface area contributed by atoms with Crippen molar-refractivity contribution in [3.05, 3.63) is 34.2 Å². The third kappa shape index (κ3) is 11.5. The minimum absolute atomic E-state index is 0.152. The average molecular weight is 658 g/mol. The molecule has 12 nitrogen and oxygen atoms in total. The summed E-state index contributed by atoms with van der Waals surface area (Å²) in [5.74, 6) is -0.152. The van der Waals surface area contributed by atoms with Crippen LogP contribution in [-0.2, 0) is 27.8 Å². The van der Waals surface area contributed by atoms with Crippen LogP contribution in [0.4, 0.5) is 4.79 Å². The Hall–Kier alpha value is -3.22. The smallest absolute Gasteiger partial charge is 0.407 e. The number of benzene rings is 1. The topological polar surface area (TPSA) is 121 Å². The molecule has 1 aromatic carbocycles. The Morgan fingerprint density at radius 2 is 1.55 bits per heavy atom. The minimum atomic E-state index is -0.680. The lowest BCUT2D eigenvalue weighted by molar-refractivity contribution is -0.121. The zero-order chi connectivity index (χ0) is 34.6. The van der Waals surface area contributed by atoms with E-state index in [0.29, 0.717) is 0 Å². The molecule has 12 heteroatoms. The second-order valence-electron chi connectivity index (χ2n) is 13.5. The summed E-state index contributed by atoms with van der Waals surface area (Å²) in [6.45, 7) is 19.1. The first kappa shape index (κ1) is 38.2. The van der Waals surface area contributed by atoms with E-state index < -0.39 is 11.6 Å². The molecule has 47 heavy (non-hydrogen) atoms. The largest absolute Gasteiger partial charge is 0.444 e. The molecule has 264 valence electrons. The number of ether oxygens (including phenoxy) is 1. The van der Waals surface area contributed by atoms with Crippen molar-refractivity contribution in [2.45, 2.75) is 90.8 Å². The number of carbonyl (C=O) groups excluding carboxylic acids is 3. The average Bonchev–Trinajstić information content (AvgIpc) is 3.30. The molecule has 3 heterocycles. The first-order chi connectivity index (χ1) is 22.5. The van der Waals surface area contributed by atoms with Crippen LogP contribution < -0.4 is 16.3 Å². The van der Waals surface area contributed by atoms with E-state index in [1.165, 1.54) is 4.57 Å². The molecule has 0 aliphatic carbocycles. The van der Waals surface area contributed by atoms with Crippen molar-refractivity contribution in [3.8, 4) is 0 Å². The summed E-state index contributed by atoms with van der Waals surface area (Å²) < 4.78 is 8.50. The number of hydrogen-bond donors (Lipinski definition) is 2. The number of piperazine rings is 1. The molecule has 0 radical (unpaired) electrons. The van der Waals surface area contributed by atoms with Gasteiger partial charge in [0.15, 0.2) is 0 Å². The number of hydrogen-bond acceptors (Lipinski definition) is 8. The molecule has 4 rings (SSSR count). The van der Waals surface area contributed by atoms with Gasteiger partial charge in [0.1, 0.15) is 11.9 Å². The minimum Gasteiger partial charge on any atom is -0.444 e. The number of rotatable bonds is 13. The molecule has 2 amide bonds. The van der Waals surface area contributed by atoms with Crippen molar-refractivity contribution in [1.82, 2.24) is 34.5 Å². The molecule has 2 aromatic rings. The van der Waals surface area contributed by atoms with E-state index in [1.807, 2.05) is 46.8 Å². The summed E-state index contributed by atoms with van der Waals surface area (Å²) >= 11 is 0. The van der Waals surface area contributed by atoms with Gasteiger partial charge in [-0.25, -0.2) is 9.59 Å². The number of nitrogens with zero attached hydrogens (tertiary/aromatic N) is 5. The number of alkyl carbamates (subject to hydrolysis) is 1. The molecule has 1 unspecified atom stereocenters. The number of carbonyl (C=O) groups is 3. The Morgan fingerprint density at radius 3 is 2.13 bits per heavy atom. The van der Waals surface area contributed by atoms with Gasteiger partial charge in [-0.1, -0.05) is 19.9 Å². The molecule has 2 saturated heterocycles. The third-order valence-electron chi connectivity index (χ3n) is 9.03. The number of likely N-dealkylation sites (tertiary alicyclic amines) is 1. The van der Waals surface area contributed by atoms with Gasteiger partial charge in [0.2, 0.25) is 5.91 Å². The Bertz CT molecular complexity index is 1350. The van der Waals surface area contributed by atoms with E-state index >= 15 is 0 Å². The Kier molecular flexibility index (Phi) is 14.9. The molecular weight excluding hydrogens is 598 g/mol. The van der Waals surface area contributed by atoms with Crippen molar-refractivity contribution in [2.24, 2.45) is 7.05 Å². The predicted molar refractivity (Wildman–Crippen MR) is 187 cm³/mol. The second-order valence-corrected chi connectivity index (χ2v) is 13.5. The van der Waals surface area contributed by atoms with Crippen LogP contribution in [0.2, 0.25) is 0 Å². The van der Waals surface area contributed by atoms with Gasteiger partial charge in [-0.15, -0.1) is 0 Å². The lowest BCUT2D eigenvalue weighted by Gasteiger charge is -2.36. The fourth-order valence-corrected chi connectivity index (χ4v) is 6.36. The SMILES string of the molecule is CC.CNC(=O)CCC(C=O)n1c(=O)n(C)c2cc(CCN3CCN(CCCN4CCC(NC(=O)OC(C)(C)C)CC4)CC3)ccc21. The Balaban J connectivity index is 0.00000294. The number of fused-ring (bicyclic) bond motifs is 1. The van der Waals surface area contributed by atoms with Gasteiger partial charge in [-0.2, -0.15) is 0 Å². The summed E-state index contributed by atoms with van der Waals surface area (Å²) in [7, 11) is 3.30. The number of aryl methyl sites for hydroxylation is 1. The summed E-state index contributed by atoms with van der Waals surface area (Å²) in [4.78, 5) is 56.2. The van der Waals surface area contributed by atoms with E-state index in [4.69, 9.17) is 4.74 Å². The van der Waals surface area contributed by atoms with Crippen LogP contribution >= 0.6 is 0 Å².